The van der Waals surface area contributed by atoms with E-state index in [2.05, 4.69) is 5.32 Å². The van der Waals surface area contributed by atoms with Gasteiger partial charge in [0, 0.05) is 25.8 Å². The second-order valence-electron chi connectivity index (χ2n) is 5.60. The average Bonchev–Trinajstić information content (AvgIpc) is 2.42. The van der Waals surface area contributed by atoms with Crippen molar-refractivity contribution >= 4 is 23.8 Å². The molecule has 0 aliphatic heterocycles. The molecular weight excluding hydrogens is 306 g/mol. The third-order valence-electron chi connectivity index (χ3n) is 2.81. The maximum atomic E-state index is 12.2. The predicted molar refractivity (Wildman–Crippen MR) is 80.2 cm³/mol. The minimum atomic E-state index is -1.15. The highest BCUT2D eigenvalue weighted by Crippen LogP contribution is 2.24. The zero-order chi connectivity index (χ0) is 18.0. The van der Waals surface area contributed by atoms with Gasteiger partial charge in [0.2, 0.25) is 0 Å². The van der Waals surface area contributed by atoms with Crippen molar-refractivity contribution in [3.05, 3.63) is 0 Å². The van der Waals surface area contributed by atoms with Crippen LogP contribution in [0, 0.1) is 5.41 Å². The minimum Gasteiger partial charge on any atom is -0.466 e. The highest BCUT2D eigenvalue weighted by Gasteiger charge is 2.39. The van der Waals surface area contributed by atoms with Crippen molar-refractivity contribution in [2.75, 3.05) is 19.8 Å². The molecule has 1 amide bonds. The van der Waals surface area contributed by atoms with Crippen molar-refractivity contribution in [1.82, 2.24) is 5.32 Å². The van der Waals surface area contributed by atoms with E-state index in [0.717, 1.165) is 0 Å². The van der Waals surface area contributed by atoms with Crippen molar-refractivity contribution in [3.8, 4) is 0 Å². The fourth-order valence-electron chi connectivity index (χ4n) is 1.71. The van der Waals surface area contributed by atoms with Crippen LogP contribution in [0.15, 0.2) is 0 Å². The average molecular weight is 331 g/mol. The Morgan fingerprint density at radius 3 is 2.13 bits per heavy atom. The maximum absolute atomic E-state index is 12.2. The highest BCUT2D eigenvalue weighted by atomic mass is 16.6. The van der Waals surface area contributed by atoms with E-state index in [1.54, 1.807) is 20.8 Å². The van der Waals surface area contributed by atoms with Crippen LogP contribution < -0.4 is 5.32 Å². The van der Waals surface area contributed by atoms with Crippen molar-refractivity contribution in [2.45, 2.75) is 47.1 Å². The molecule has 0 unspecified atom stereocenters. The second-order valence-corrected chi connectivity index (χ2v) is 5.60. The van der Waals surface area contributed by atoms with Crippen LogP contribution >= 0.6 is 0 Å². The molecule has 0 aromatic carbocycles. The van der Waals surface area contributed by atoms with Crippen molar-refractivity contribution in [3.63, 3.8) is 0 Å². The standard InChI is InChI=1S/C15H25NO7/c1-6-21-12(19)7-8-16-14(20)13(23-11(3)18)15(4,5)9-22-10(2)17/h13H,6-9H2,1-5H3,(H,16,20)/t13-/m0/s1. The second kappa shape index (κ2) is 9.81. The van der Waals surface area contributed by atoms with Crippen molar-refractivity contribution < 1.29 is 33.4 Å². The lowest BCUT2D eigenvalue weighted by molar-refractivity contribution is -0.166. The first-order valence-electron chi connectivity index (χ1n) is 7.34. The van der Waals surface area contributed by atoms with Gasteiger partial charge in [0.05, 0.1) is 13.0 Å². The number of nitrogens with one attached hydrogen (secondary N) is 1. The fraction of sp³-hybridized carbons (Fsp3) is 0.733. The summed E-state index contributed by atoms with van der Waals surface area (Å²) in [6, 6.07) is 0. The quantitative estimate of drug-likeness (QED) is 0.486. The molecule has 0 fully saturated rings. The van der Waals surface area contributed by atoms with Gasteiger partial charge in [0.15, 0.2) is 6.10 Å². The first-order valence-corrected chi connectivity index (χ1v) is 7.34. The SMILES string of the molecule is CCOC(=O)CCNC(=O)[C@H](OC(C)=O)C(C)(C)COC(C)=O. The molecule has 0 heterocycles. The molecule has 0 aromatic heterocycles. The van der Waals surface area contributed by atoms with E-state index >= 15 is 0 Å². The molecule has 8 nitrogen and oxygen atoms in total. The van der Waals surface area contributed by atoms with Crippen LogP contribution in [-0.2, 0) is 33.4 Å². The third kappa shape index (κ3) is 8.80. The molecule has 1 atom stereocenters. The van der Waals surface area contributed by atoms with Crippen LogP contribution in [0.3, 0.4) is 0 Å². The van der Waals surface area contributed by atoms with Crippen LogP contribution in [0.1, 0.15) is 41.0 Å². The molecule has 0 radical (unpaired) electrons. The number of carbonyl (C=O) groups excluding carboxylic acids is 4. The number of hydrogen-bond acceptors (Lipinski definition) is 7. The van der Waals surface area contributed by atoms with E-state index in [0.29, 0.717) is 0 Å². The smallest absolute Gasteiger partial charge is 0.307 e. The van der Waals surface area contributed by atoms with Gasteiger partial charge in [-0.1, -0.05) is 13.8 Å². The maximum Gasteiger partial charge on any atom is 0.307 e. The van der Waals surface area contributed by atoms with E-state index in [4.69, 9.17) is 14.2 Å². The summed E-state index contributed by atoms with van der Waals surface area (Å²) in [6.07, 6.45) is -1.14. The molecule has 0 saturated carbocycles. The van der Waals surface area contributed by atoms with Gasteiger partial charge in [-0.3, -0.25) is 19.2 Å². The van der Waals surface area contributed by atoms with Gasteiger partial charge in [-0.15, -0.1) is 0 Å². The van der Waals surface area contributed by atoms with Gasteiger partial charge in [-0.25, -0.2) is 0 Å². The summed E-state index contributed by atoms with van der Waals surface area (Å²) in [4.78, 5) is 45.6. The summed E-state index contributed by atoms with van der Waals surface area (Å²) in [5, 5.41) is 2.51. The summed E-state index contributed by atoms with van der Waals surface area (Å²) < 4.78 is 14.7. The molecule has 0 aliphatic carbocycles. The van der Waals surface area contributed by atoms with Crippen LogP contribution in [0.5, 0.6) is 0 Å². The van der Waals surface area contributed by atoms with E-state index in [9.17, 15) is 19.2 Å². The topological polar surface area (TPSA) is 108 Å². The lowest BCUT2D eigenvalue weighted by Crippen LogP contribution is -2.49. The monoisotopic (exact) mass is 331 g/mol. The van der Waals surface area contributed by atoms with E-state index in [1.165, 1.54) is 13.8 Å². The fourth-order valence-corrected chi connectivity index (χ4v) is 1.71. The lowest BCUT2D eigenvalue weighted by Gasteiger charge is -2.31. The van der Waals surface area contributed by atoms with Crippen molar-refractivity contribution in [1.29, 1.82) is 0 Å². The zero-order valence-electron chi connectivity index (χ0n) is 14.3. The zero-order valence-corrected chi connectivity index (χ0v) is 14.3. The Balaban J connectivity index is 4.74. The van der Waals surface area contributed by atoms with Gasteiger partial charge in [-0.2, -0.15) is 0 Å². The van der Waals surface area contributed by atoms with Gasteiger partial charge in [0.1, 0.15) is 6.61 Å². The van der Waals surface area contributed by atoms with Crippen LogP contribution in [0.25, 0.3) is 0 Å². The summed E-state index contributed by atoms with van der Waals surface area (Å²) in [5.41, 5.74) is -0.925. The molecule has 0 spiro atoms. The minimum absolute atomic E-state index is 0.0107. The van der Waals surface area contributed by atoms with E-state index in [-0.39, 0.29) is 26.2 Å². The molecule has 1 N–H and O–H groups in total. The van der Waals surface area contributed by atoms with Gasteiger partial charge >= 0.3 is 17.9 Å². The summed E-state index contributed by atoms with van der Waals surface area (Å²) in [7, 11) is 0. The summed E-state index contributed by atoms with van der Waals surface area (Å²) >= 11 is 0. The molecule has 8 heteroatoms. The Morgan fingerprint density at radius 2 is 1.65 bits per heavy atom. The predicted octanol–water partition coefficient (Wildman–Crippen LogP) is 0.577. The molecule has 0 rings (SSSR count). The third-order valence-corrected chi connectivity index (χ3v) is 2.81. The summed E-state index contributed by atoms with van der Waals surface area (Å²) in [5.74, 6) is -2.13. The van der Waals surface area contributed by atoms with Gasteiger partial charge in [-0.05, 0) is 6.92 Å². The first kappa shape index (κ1) is 20.9. The first-order chi connectivity index (χ1) is 10.6. The highest BCUT2D eigenvalue weighted by molar-refractivity contribution is 5.84. The normalized spacial score (nSPS) is 12.0. The number of carbonyl (C=O) groups is 4. The Hall–Kier alpha value is -2.12. The summed E-state index contributed by atoms with van der Waals surface area (Å²) in [6.45, 7) is 7.60. The molecule has 0 bridgehead atoms. The lowest BCUT2D eigenvalue weighted by atomic mass is 9.86. The van der Waals surface area contributed by atoms with Gasteiger partial charge in [0.25, 0.3) is 5.91 Å². The largest absolute Gasteiger partial charge is 0.466 e. The van der Waals surface area contributed by atoms with Crippen molar-refractivity contribution in [2.24, 2.45) is 5.41 Å². The van der Waals surface area contributed by atoms with Crippen LogP contribution in [0.4, 0.5) is 0 Å². The number of amides is 1. The molecule has 23 heavy (non-hydrogen) atoms. The van der Waals surface area contributed by atoms with E-state index in [1.807, 2.05) is 0 Å². The molecule has 0 saturated heterocycles. The Bertz CT molecular complexity index is 445. The molecule has 0 aromatic rings. The Labute approximate surface area is 135 Å². The number of hydrogen-bond donors (Lipinski definition) is 1. The van der Waals surface area contributed by atoms with Gasteiger partial charge < -0.3 is 19.5 Å². The van der Waals surface area contributed by atoms with Crippen LogP contribution in [0.2, 0.25) is 0 Å². The van der Waals surface area contributed by atoms with Crippen LogP contribution in [-0.4, -0.2) is 49.7 Å². The molecular formula is C15H25NO7. The molecule has 132 valence electrons. The number of esters is 3. The Morgan fingerprint density at radius 1 is 1.04 bits per heavy atom. The number of rotatable bonds is 9. The van der Waals surface area contributed by atoms with E-state index < -0.39 is 35.3 Å². The number of ether oxygens (including phenoxy) is 3. The molecule has 0 aliphatic rings. The Kier molecular flexibility index (Phi) is 8.90.